The molecular weight excluding hydrogens is 416 g/mol. The fourth-order valence-corrected chi connectivity index (χ4v) is 6.12. The maximum Gasteiger partial charge on any atom is 0.309 e. The highest BCUT2D eigenvalue weighted by molar-refractivity contribution is 7.89. The van der Waals surface area contributed by atoms with Gasteiger partial charge in [-0.25, -0.2) is 8.42 Å². The molecule has 3 rings (SSSR count). The molecule has 2 aliphatic rings. The van der Waals surface area contributed by atoms with Crippen molar-refractivity contribution in [1.82, 2.24) is 9.21 Å². The number of ether oxygens (including phenoxy) is 1. The fourth-order valence-electron chi connectivity index (χ4n) is 4.56. The maximum atomic E-state index is 12.9. The average Bonchev–Trinajstić information content (AvgIpc) is 2.73. The molecular formula is C23H34N2O5S. The molecule has 7 nitrogen and oxygen atoms in total. The zero-order valence-electron chi connectivity index (χ0n) is 19.0. The minimum Gasteiger partial charge on any atom is -0.455 e. The van der Waals surface area contributed by atoms with Crippen molar-refractivity contribution in [2.75, 3.05) is 32.8 Å². The van der Waals surface area contributed by atoms with Crippen LogP contribution in [0.3, 0.4) is 0 Å². The summed E-state index contributed by atoms with van der Waals surface area (Å²) < 4.78 is 32.6. The highest BCUT2D eigenvalue weighted by atomic mass is 32.2. The van der Waals surface area contributed by atoms with E-state index >= 15 is 0 Å². The first-order valence-electron chi connectivity index (χ1n) is 11.1. The first kappa shape index (κ1) is 23.7. The van der Waals surface area contributed by atoms with Gasteiger partial charge in [-0.3, -0.25) is 9.59 Å². The van der Waals surface area contributed by atoms with Gasteiger partial charge in [-0.2, -0.15) is 4.31 Å². The molecule has 0 saturated carbocycles. The Morgan fingerprint density at radius 2 is 1.65 bits per heavy atom. The van der Waals surface area contributed by atoms with Gasteiger partial charge < -0.3 is 9.64 Å². The van der Waals surface area contributed by atoms with Crippen molar-refractivity contribution in [3.63, 3.8) is 0 Å². The maximum absolute atomic E-state index is 12.9. The van der Waals surface area contributed by atoms with Crippen LogP contribution < -0.4 is 0 Å². The molecule has 2 aliphatic heterocycles. The molecule has 0 bridgehead atoms. The molecule has 2 atom stereocenters. The van der Waals surface area contributed by atoms with Gasteiger partial charge in [0.25, 0.3) is 5.91 Å². The third-order valence-corrected chi connectivity index (χ3v) is 8.36. The number of piperidine rings is 2. The molecule has 2 saturated heterocycles. The van der Waals surface area contributed by atoms with E-state index in [9.17, 15) is 18.0 Å². The van der Waals surface area contributed by atoms with Crippen LogP contribution >= 0.6 is 0 Å². The van der Waals surface area contributed by atoms with E-state index in [2.05, 4.69) is 13.8 Å². The second-order valence-electron chi connectivity index (χ2n) is 9.28. The van der Waals surface area contributed by atoms with E-state index in [4.69, 9.17) is 4.74 Å². The van der Waals surface area contributed by atoms with Crippen LogP contribution in [0.1, 0.15) is 44.2 Å². The summed E-state index contributed by atoms with van der Waals surface area (Å²) in [6.45, 7) is 9.80. The number of carbonyl (C=O) groups is 2. The van der Waals surface area contributed by atoms with Crippen molar-refractivity contribution in [1.29, 1.82) is 0 Å². The SMILES string of the molecule is Cc1ccc(S(=O)(=O)N2CCC(C(=O)OCC(=O)N3C[C@@H](C)C[C@H](C)C3)CC2)cc1C. The van der Waals surface area contributed by atoms with E-state index < -0.39 is 16.0 Å². The van der Waals surface area contributed by atoms with Crippen molar-refractivity contribution >= 4 is 21.9 Å². The van der Waals surface area contributed by atoms with Gasteiger partial charge in [0.05, 0.1) is 10.8 Å². The Labute approximate surface area is 185 Å². The Hall–Kier alpha value is -1.93. The molecule has 0 spiro atoms. The Kier molecular flexibility index (Phi) is 7.42. The van der Waals surface area contributed by atoms with Crippen molar-refractivity contribution < 1.29 is 22.7 Å². The fraction of sp³-hybridized carbons (Fsp3) is 0.652. The molecule has 8 heteroatoms. The summed E-state index contributed by atoms with van der Waals surface area (Å²) in [5.74, 6) is -0.0339. The Morgan fingerprint density at radius 3 is 2.23 bits per heavy atom. The summed E-state index contributed by atoms with van der Waals surface area (Å²) in [7, 11) is -3.58. The lowest BCUT2D eigenvalue weighted by Gasteiger charge is -2.35. The summed E-state index contributed by atoms with van der Waals surface area (Å²) >= 11 is 0. The zero-order chi connectivity index (χ0) is 22.8. The van der Waals surface area contributed by atoms with Crippen LogP contribution in [0.4, 0.5) is 0 Å². The normalized spacial score (nSPS) is 23.5. The molecule has 2 fully saturated rings. The van der Waals surface area contributed by atoms with E-state index in [1.54, 1.807) is 17.0 Å². The van der Waals surface area contributed by atoms with E-state index in [0.717, 1.165) is 17.5 Å². The topological polar surface area (TPSA) is 84.0 Å². The number of likely N-dealkylation sites (tertiary alicyclic amines) is 1. The van der Waals surface area contributed by atoms with Gasteiger partial charge in [-0.05, 0) is 68.2 Å². The van der Waals surface area contributed by atoms with Crippen molar-refractivity contribution in [3.05, 3.63) is 29.3 Å². The zero-order valence-corrected chi connectivity index (χ0v) is 19.8. The van der Waals surface area contributed by atoms with Gasteiger partial charge in [0.1, 0.15) is 0 Å². The summed E-state index contributed by atoms with van der Waals surface area (Å²) in [5.41, 5.74) is 1.98. The number of benzene rings is 1. The molecule has 0 N–H and O–H groups in total. The number of sulfonamides is 1. The van der Waals surface area contributed by atoms with Crippen LogP contribution in [0.15, 0.2) is 23.1 Å². The van der Waals surface area contributed by atoms with Crippen molar-refractivity contribution in [3.8, 4) is 0 Å². The average molecular weight is 451 g/mol. The smallest absolute Gasteiger partial charge is 0.309 e. The number of amides is 1. The van der Waals surface area contributed by atoms with Gasteiger partial charge in [-0.15, -0.1) is 0 Å². The molecule has 0 unspecified atom stereocenters. The van der Waals surface area contributed by atoms with Crippen molar-refractivity contribution in [2.24, 2.45) is 17.8 Å². The summed E-state index contributed by atoms with van der Waals surface area (Å²) in [6, 6.07) is 5.14. The molecule has 31 heavy (non-hydrogen) atoms. The molecule has 172 valence electrons. The Balaban J connectivity index is 1.50. The number of hydrogen-bond acceptors (Lipinski definition) is 5. The highest BCUT2D eigenvalue weighted by Gasteiger charge is 2.33. The molecule has 1 aromatic rings. The van der Waals surface area contributed by atoms with Gasteiger partial charge in [0, 0.05) is 26.2 Å². The van der Waals surface area contributed by atoms with E-state index in [0.29, 0.717) is 37.8 Å². The minimum absolute atomic E-state index is 0.151. The first-order valence-corrected chi connectivity index (χ1v) is 12.5. The Morgan fingerprint density at radius 1 is 1.03 bits per heavy atom. The van der Waals surface area contributed by atoms with Gasteiger partial charge >= 0.3 is 5.97 Å². The molecule has 1 aromatic carbocycles. The molecule has 0 radical (unpaired) electrons. The van der Waals surface area contributed by atoms with Crippen LogP contribution in [-0.2, 0) is 24.3 Å². The van der Waals surface area contributed by atoms with E-state index in [-0.39, 0.29) is 36.4 Å². The van der Waals surface area contributed by atoms with Gasteiger partial charge in [-0.1, -0.05) is 19.9 Å². The summed E-state index contributed by atoms with van der Waals surface area (Å²) in [5, 5.41) is 0. The second-order valence-corrected chi connectivity index (χ2v) is 11.2. The largest absolute Gasteiger partial charge is 0.455 e. The first-order chi connectivity index (χ1) is 14.6. The number of carbonyl (C=O) groups excluding carboxylic acids is 2. The van der Waals surface area contributed by atoms with E-state index in [1.807, 2.05) is 19.9 Å². The molecule has 2 heterocycles. The van der Waals surface area contributed by atoms with Crippen LogP contribution in [0.25, 0.3) is 0 Å². The summed E-state index contributed by atoms with van der Waals surface area (Å²) in [4.78, 5) is 27.0. The standard InChI is InChI=1S/C23H34N2O5S/c1-16-11-17(2)14-24(13-16)22(26)15-30-23(27)20-7-9-25(10-8-20)31(28,29)21-6-5-18(3)19(4)12-21/h5-6,12,16-17,20H,7-11,13-15H2,1-4H3/t16-,17-/m0/s1. The molecule has 0 aliphatic carbocycles. The summed E-state index contributed by atoms with van der Waals surface area (Å²) in [6.07, 6.45) is 1.90. The lowest BCUT2D eigenvalue weighted by Crippen LogP contribution is -2.45. The number of aryl methyl sites for hydroxylation is 2. The Bertz CT molecular complexity index is 912. The lowest BCUT2D eigenvalue weighted by molar-refractivity contribution is -0.157. The van der Waals surface area contributed by atoms with Crippen LogP contribution in [0, 0.1) is 31.6 Å². The number of nitrogens with zero attached hydrogens (tertiary/aromatic N) is 2. The monoisotopic (exact) mass is 450 g/mol. The number of rotatable bonds is 5. The van der Waals surface area contributed by atoms with E-state index in [1.165, 1.54) is 4.31 Å². The van der Waals surface area contributed by atoms with Gasteiger partial charge in [0.2, 0.25) is 10.0 Å². The third-order valence-electron chi connectivity index (χ3n) is 6.46. The predicted molar refractivity (Wildman–Crippen MR) is 118 cm³/mol. The van der Waals surface area contributed by atoms with Gasteiger partial charge in [0.15, 0.2) is 6.61 Å². The number of esters is 1. The van der Waals surface area contributed by atoms with Crippen LogP contribution in [0.5, 0.6) is 0 Å². The van der Waals surface area contributed by atoms with Crippen LogP contribution in [-0.4, -0.2) is 62.3 Å². The third kappa shape index (κ3) is 5.66. The lowest BCUT2D eigenvalue weighted by atomic mass is 9.92. The predicted octanol–water partition coefficient (Wildman–Crippen LogP) is 2.75. The van der Waals surface area contributed by atoms with Crippen LogP contribution in [0.2, 0.25) is 0 Å². The second kappa shape index (κ2) is 9.69. The minimum atomic E-state index is -3.58. The molecule has 0 aromatic heterocycles. The molecule has 1 amide bonds. The quantitative estimate of drug-likeness (QED) is 0.644. The number of hydrogen-bond donors (Lipinski definition) is 0. The van der Waals surface area contributed by atoms with Crippen molar-refractivity contribution in [2.45, 2.75) is 51.9 Å². The highest BCUT2D eigenvalue weighted by Crippen LogP contribution is 2.26.